The summed E-state index contributed by atoms with van der Waals surface area (Å²) in [5.74, 6) is 0.0623. The summed E-state index contributed by atoms with van der Waals surface area (Å²) in [5.41, 5.74) is -0.0113. The average molecular weight is 320 g/mol. The Morgan fingerprint density at radius 3 is 2.87 bits per heavy atom. The van der Waals surface area contributed by atoms with Crippen molar-refractivity contribution in [2.75, 3.05) is 19.6 Å². The summed E-state index contributed by atoms with van der Waals surface area (Å²) in [5, 5.41) is 8.97. The van der Waals surface area contributed by atoms with Gasteiger partial charge in [-0.15, -0.1) is 0 Å². The zero-order valence-corrected chi connectivity index (χ0v) is 12.8. The minimum absolute atomic E-state index is 0.0623. The van der Waals surface area contributed by atoms with Gasteiger partial charge in [-0.1, -0.05) is 0 Å². The highest BCUT2D eigenvalue weighted by Crippen LogP contribution is 2.29. The molecule has 2 amide bonds. The van der Waals surface area contributed by atoms with Crippen LogP contribution in [0.15, 0.2) is 16.9 Å². The molecule has 0 unspecified atom stereocenters. The third-order valence-electron chi connectivity index (χ3n) is 4.45. The van der Waals surface area contributed by atoms with Gasteiger partial charge in [-0.05, 0) is 18.9 Å². The van der Waals surface area contributed by atoms with Gasteiger partial charge in [-0.3, -0.25) is 9.59 Å². The zero-order valence-electron chi connectivity index (χ0n) is 12.8. The second-order valence-corrected chi connectivity index (χ2v) is 6.07. The normalized spacial score (nSPS) is 24.2. The molecule has 2 aliphatic rings. The monoisotopic (exact) mass is 320 g/mol. The third kappa shape index (κ3) is 3.69. The number of nitrogens with zero attached hydrogens (tertiary/aromatic N) is 2. The number of carbonyl (C=O) groups is 2. The van der Waals surface area contributed by atoms with Crippen LogP contribution in [-0.2, 0) is 16.0 Å². The van der Waals surface area contributed by atoms with Crippen LogP contribution in [0.4, 0.5) is 4.79 Å². The van der Waals surface area contributed by atoms with E-state index in [4.69, 9.17) is 4.74 Å². The fourth-order valence-corrected chi connectivity index (χ4v) is 3.10. The molecule has 1 aromatic rings. The molecular weight excluding hydrogens is 300 g/mol. The maximum Gasteiger partial charge on any atom is 0.407 e. The predicted octanol–water partition coefficient (Wildman–Crippen LogP) is 0.194. The van der Waals surface area contributed by atoms with Crippen LogP contribution in [-0.4, -0.2) is 52.3 Å². The standard InChI is InChI=1S/C15H20N4O4/c20-12-4-2-11(17-18-12)3-5-13(21)19-8-1-6-15(7-9-19)10-16-14(22)23-15/h2,4H,1,3,5-10H2,(H,16,22)(H,18,20)/t15-/m0/s1. The molecule has 0 saturated carbocycles. The van der Waals surface area contributed by atoms with Crippen molar-refractivity contribution in [3.05, 3.63) is 28.2 Å². The Bertz CT molecular complexity index is 639. The molecule has 0 radical (unpaired) electrons. The summed E-state index contributed by atoms with van der Waals surface area (Å²) in [7, 11) is 0. The lowest BCUT2D eigenvalue weighted by Gasteiger charge is -2.25. The molecule has 0 bridgehead atoms. The second kappa shape index (κ2) is 6.39. The van der Waals surface area contributed by atoms with Gasteiger partial charge in [0.1, 0.15) is 5.60 Å². The molecule has 124 valence electrons. The Labute approximate surface area is 133 Å². The molecule has 2 fully saturated rings. The van der Waals surface area contributed by atoms with Crippen molar-refractivity contribution < 1.29 is 14.3 Å². The average Bonchev–Trinajstić information content (AvgIpc) is 2.78. The van der Waals surface area contributed by atoms with Gasteiger partial charge in [0.25, 0.3) is 5.56 Å². The molecule has 3 heterocycles. The number of aryl methyl sites for hydroxylation is 1. The van der Waals surface area contributed by atoms with E-state index in [9.17, 15) is 14.4 Å². The third-order valence-corrected chi connectivity index (χ3v) is 4.45. The van der Waals surface area contributed by atoms with Crippen LogP contribution < -0.4 is 10.9 Å². The lowest BCUT2D eigenvalue weighted by Crippen LogP contribution is -2.36. The van der Waals surface area contributed by atoms with E-state index in [2.05, 4.69) is 15.5 Å². The molecule has 2 aliphatic heterocycles. The van der Waals surface area contributed by atoms with Crippen molar-refractivity contribution in [2.45, 2.75) is 37.7 Å². The van der Waals surface area contributed by atoms with Crippen molar-refractivity contribution >= 4 is 12.0 Å². The van der Waals surface area contributed by atoms with Crippen molar-refractivity contribution in [1.29, 1.82) is 0 Å². The lowest BCUT2D eigenvalue weighted by molar-refractivity contribution is -0.131. The van der Waals surface area contributed by atoms with Crippen LogP contribution in [0.3, 0.4) is 0 Å². The minimum Gasteiger partial charge on any atom is -0.441 e. The molecule has 1 spiro atoms. The van der Waals surface area contributed by atoms with Gasteiger partial charge in [0.2, 0.25) is 5.91 Å². The summed E-state index contributed by atoms with van der Waals surface area (Å²) < 4.78 is 5.41. The van der Waals surface area contributed by atoms with Crippen LogP contribution in [0.2, 0.25) is 0 Å². The molecule has 23 heavy (non-hydrogen) atoms. The number of ether oxygens (including phenoxy) is 1. The number of likely N-dealkylation sites (tertiary alicyclic amines) is 1. The van der Waals surface area contributed by atoms with Crippen molar-refractivity contribution in [3.8, 4) is 0 Å². The van der Waals surface area contributed by atoms with Crippen LogP contribution in [0, 0.1) is 0 Å². The van der Waals surface area contributed by atoms with E-state index in [0.717, 1.165) is 12.8 Å². The van der Waals surface area contributed by atoms with E-state index < -0.39 is 5.60 Å². The topological polar surface area (TPSA) is 104 Å². The van der Waals surface area contributed by atoms with Crippen LogP contribution in [0.1, 0.15) is 31.4 Å². The van der Waals surface area contributed by atoms with E-state index in [-0.39, 0.29) is 17.6 Å². The SMILES string of the molecule is O=C1NC[C@@]2(CCCN(C(=O)CCc3ccc(=O)[nH]n3)CC2)O1. The van der Waals surface area contributed by atoms with Crippen LogP contribution in [0.5, 0.6) is 0 Å². The summed E-state index contributed by atoms with van der Waals surface area (Å²) in [6.07, 6.45) is 2.73. The van der Waals surface area contributed by atoms with Gasteiger partial charge >= 0.3 is 6.09 Å². The predicted molar refractivity (Wildman–Crippen MR) is 80.8 cm³/mol. The van der Waals surface area contributed by atoms with E-state index in [1.807, 2.05) is 4.90 Å². The van der Waals surface area contributed by atoms with E-state index in [0.29, 0.717) is 44.6 Å². The quantitative estimate of drug-likeness (QED) is 0.827. The number of aromatic nitrogens is 2. The van der Waals surface area contributed by atoms with Crippen LogP contribution >= 0.6 is 0 Å². The number of hydrogen-bond donors (Lipinski definition) is 2. The van der Waals surface area contributed by atoms with Crippen LogP contribution in [0.25, 0.3) is 0 Å². The Morgan fingerprint density at radius 1 is 1.30 bits per heavy atom. The highest BCUT2D eigenvalue weighted by Gasteiger charge is 2.41. The van der Waals surface area contributed by atoms with Gasteiger partial charge in [0.15, 0.2) is 0 Å². The Balaban J connectivity index is 1.53. The number of nitrogens with one attached hydrogen (secondary N) is 2. The van der Waals surface area contributed by atoms with E-state index in [1.165, 1.54) is 6.07 Å². The fraction of sp³-hybridized carbons (Fsp3) is 0.600. The molecule has 8 nitrogen and oxygen atoms in total. The smallest absolute Gasteiger partial charge is 0.407 e. The fourth-order valence-electron chi connectivity index (χ4n) is 3.10. The number of carbonyl (C=O) groups excluding carboxylic acids is 2. The van der Waals surface area contributed by atoms with Crippen molar-refractivity contribution in [1.82, 2.24) is 20.4 Å². The Kier molecular flexibility index (Phi) is 4.31. The van der Waals surface area contributed by atoms with E-state index in [1.54, 1.807) is 6.07 Å². The first-order valence-electron chi connectivity index (χ1n) is 7.86. The highest BCUT2D eigenvalue weighted by atomic mass is 16.6. The summed E-state index contributed by atoms with van der Waals surface area (Å²) in [6, 6.07) is 3.04. The lowest BCUT2D eigenvalue weighted by atomic mass is 9.95. The second-order valence-electron chi connectivity index (χ2n) is 6.07. The first kappa shape index (κ1) is 15.5. The molecule has 1 aromatic heterocycles. The largest absolute Gasteiger partial charge is 0.441 e. The molecule has 2 N–H and O–H groups in total. The molecule has 0 aliphatic carbocycles. The number of aromatic amines is 1. The molecule has 2 saturated heterocycles. The van der Waals surface area contributed by atoms with Gasteiger partial charge in [-0.25, -0.2) is 9.89 Å². The van der Waals surface area contributed by atoms with E-state index >= 15 is 0 Å². The van der Waals surface area contributed by atoms with Gasteiger partial charge in [0.05, 0.1) is 12.2 Å². The summed E-state index contributed by atoms with van der Waals surface area (Å²) >= 11 is 0. The first-order valence-corrected chi connectivity index (χ1v) is 7.86. The number of alkyl carbamates (subject to hydrolysis) is 1. The van der Waals surface area contributed by atoms with Gasteiger partial charge in [0, 0.05) is 38.4 Å². The number of hydrogen-bond acceptors (Lipinski definition) is 5. The molecule has 8 heteroatoms. The van der Waals surface area contributed by atoms with Gasteiger partial charge < -0.3 is 15.0 Å². The Hall–Kier alpha value is -2.38. The van der Waals surface area contributed by atoms with Crippen molar-refractivity contribution in [3.63, 3.8) is 0 Å². The molecule has 3 rings (SSSR count). The maximum atomic E-state index is 12.4. The maximum absolute atomic E-state index is 12.4. The first-order chi connectivity index (χ1) is 11.1. The zero-order chi connectivity index (χ0) is 16.3. The number of H-pyrrole nitrogens is 1. The summed E-state index contributed by atoms with van der Waals surface area (Å²) in [6.45, 7) is 1.79. The number of amides is 2. The van der Waals surface area contributed by atoms with Crippen molar-refractivity contribution in [2.24, 2.45) is 0 Å². The number of rotatable bonds is 3. The highest BCUT2D eigenvalue weighted by molar-refractivity contribution is 5.76. The molecular formula is C15H20N4O4. The Morgan fingerprint density at radius 2 is 2.17 bits per heavy atom. The molecule has 0 aromatic carbocycles. The van der Waals surface area contributed by atoms with Gasteiger partial charge in [-0.2, -0.15) is 5.10 Å². The molecule has 1 atom stereocenters. The summed E-state index contributed by atoms with van der Waals surface area (Å²) in [4.78, 5) is 36.4. The minimum atomic E-state index is -0.452.